The maximum absolute atomic E-state index is 11.5. The lowest BCUT2D eigenvalue weighted by molar-refractivity contribution is 0.481. The fourth-order valence-corrected chi connectivity index (χ4v) is 3.85. The number of nitrogens with zero attached hydrogens (tertiary/aromatic N) is 1. The number of hydrogen-bond acceptors (Lipinski definition) is 4. The first kappa shape index (κ1) is 17.0. The third-order valence-corrected chi connectivity index (χ3v) is 5.73. The molecule has 4 nitrogen and oxygen atoms in total. The van der Waals surface area contributed by atoms with E-state index in [1.54, 1.807) is 12.1 Å². The van der Waals surface area contributed by atoms with E-state index >= 15 is 0 Å². The Hall–Kier alpha value is -1.85. The van der Waals surface area contributed by atoms with Crippen LogP contribution in [0.5, 0.6) is 0 Å². The lowest BCUT2D eigenvalue weighted by Crippen LogP contribution is -2.34. The van der Waals surface area contributed by atoms with E-state index in [1.807, 2.05) is 18.2 Å². The predicted octanol–water partition coefficient (Wildman–Crippen LogP) is 3.02. The summed E-state index contributed by atoms with van der Waals surface area (Å²) in [6.07, 6.45) is 2.35. The normalized spacial score (nSPS) is 19.4. The quantitative estimate of drug-likeness (QED) is 0.906. The van der Waals surface area contributed by atoms with Gasteiger partial charge in [0, 0.05) is 37.1 Å². The van der Waals surface area contributed by atoms with Crippen LogP contribution in [-0.2, 0) is 9.84 Å². The number of benzene rings is 2. The number of para-hydroxylation sites is 1. The molecule has 5 heteroatoms. The van der Waals surface area contributed by atoms with E-state index < -0.39 is 9.84 Å². The number of sulfone groups is 1. The molecule has 2 aromatic rings. The van der Waals surface area contributed by atoms with Gasteiger partial charge in [0.05, 0.1) is 4.90 Å². The predicted molar refractivity (Wildman–Crippen MR) is 98.2 cm³/mol. The van der Waals surface area contributed by atoms with Crippen LogP contribution >= 0.6 is 0 Å². The molecule has 3 rings (SSSR count). The van der Waals surface area contributed by atoms with Gasteiger partial charge in [0.25, 0.3) is 0 Å². The van der Waals surface area contributed by atoms with Crippen molar-refractivity contribution in [3.05, 3.63) is 60.2 Å². The number of hydrogen-bond donors (Lipinski definition) is 1. The maximum atomic E-state index is 11.5. The average molecular weight is 344 g/mol. The third-order valence-electron chi connectivity index (χ3n) is 4.60. The molecule has 0 bridgehead atoms. The van der Waals surface area contributed by atoms with Gasteiger partial charge in [0.15, 0.2) is 9.84 Å². The van der Waals surface area contributed by atoms with Crippen molar-refractivity contribution < 1.29 is 8.42 Å². The van der Waals surface area contributed by atoms with Crippen molar-refractivity contribution in [1.29, 1.82) is 0 Å². The first-order valence-corrected chi connectivity index (χ1v) is 10.2. The fourth-order valence-electron chi connectivity index (χ4n) is 3.22. The first-order valence-electron chi connectivity index (χ1n) is 8.29. The molecule has 0 aliphatic carbocycles. The van der Waals surface area contributed by atoms with Crippen molar-refractivity contribution in [2.24, 2.45) is 0 Å². The van der Waals surface area contributed by atoms with Crippen LogP contribution in [-0.4, -0.2) is 33.8 Å². The maximum Gasteiger partial charge on any atom is 0.175 e. The molecule has 1 saturated heterocycles. The van der Waals surface area contributed by atoms with Gasteiger partial charge < -0.3 is 10.2 Å². The molecule has 0 amide bonds. The van der Waals surface area contributed by atoms with Crippen LogP contribution in [0.2, 0.25) is 0 Å². The summed E-state index contributed by atoms with van der Waals surface area (Å²) in [4.78, 5) is 2.77. The summed E-state index contributed by atoms with van der Waals surface area (Å²) < 4.78 is 23.1. The molecule has 1 N–H and O–H groups in total. The van der Waals surface area contributed by atoms with Crippen LogP contribution in [0.15, 0.2) is 59.5 Å². The Bertz CT molecular complexity index is 773. The molecule has 0 spiro atoms. The van der Waals surface area contributed by atoms with Crippen LogP contribution < -0.4 is 10.2 Å². The number of rotatable bonds is 5. The molecule has 0 aromatic heterocycles. The molecule has 0 unspecified atom stereocenters. The average Bonchev–Trinajstić information content (AvgIpc) is 3.03. The summed E-state index contributed by atoms with van der Waals surface area (Å²) in [7, 11) is -3.13. The highest BCUT2D eigenvalue weighted by atomic mass is 32.2. The summed E-state index contributed by atoms with van der Waals surface area (Å²) >= 11 is 0. The topological polar surface area (TPSA) is 49.4 Å². The smallest absolute Gasteiger partial charge is 0.175 e. The van der Waals surface area contributed by atoms with Crippen LogP contribution in [0.1, 0.15) is 24.9 Å². The third kappa shape index (κ3) is 3.97. The summed E-state index contributed by atoms with van der Waals surface area (Å²) in [5.74, 6) is 0. The minimum atomic E-state index is -3.13. The summed E-state index contributed by atoms with van der Waals surface area (Å²) in [5.41, 5.74) is 2.38. The van der Waals surface area contributed by atoms with Gasteiger partial charge in [-0.1, -0.05) is 30.3 Å². The van der Waals surface area contributed by atoms with E-state index in [4.69, 9.17) is 0 Å². The SMILES string of the molecule is C[C@@H](N[C@H]1CCN(c2ccccc2)C1)c1ccc(S(C)(=O)=O)cc1. The van der Waals surface area contributed by atoms with Gasteiger partial charge in [0.2, 0.25) is 0 Å². The Morgan fingerprint density at radius 3 is 2.38 bits per heavy atom. The highest BCUT2D eigenvalue weighted by molar-refractivity contribution is 7.90. The van der Waals surface area contributed by atoms with Crippen molar-refractivity contribution in [2.75, 3.05) is 24.2 Å². The van der Waals surface area contributed by atoms with Crippen molar-refractivity contribution in [2.45, 2.75) is 30.3 Å². The van der Waals surface area contributed by atoms with Crippen molar-refractivity contribution in [3.8, 4) is 0 Å². The zero-order valence-corrected chi connectivity index (χ0v) is 15.0. The standard InChI is InChI=1S/C19H24N2O2S/c1-15(16-8-10-19(11-9-16)24(2,22)23)20-17-12-13-21(14-17)18-6-4-3-5-7-18/h3-11,15,17,20H,12-14H2,1-2H3/t15-,17+/m1/s1. The van der Waals surface area contributed by atoms with Crippen LogP contribution in [0.3, 0.4) is 0 Å². The van der Waals surface area contributed by atoms with Crippen molar-refractivity contribution in [1.82, 2.24) is 5.32 Å². The van der Waals surface area contributed by atoms with E-state index in [0.29, 0.717) is 10.9 Å². The zero-order valence-electron chi connectivity index (χ0n) is 14.1. The molecule has 1 fully saturated rings. The van der Waals surface area contributed by atoms with E-state index in [-0.39, 0.29) is 6.04 Å². The van der Waals surface area contributed by atoms with Gasteiger partial charge in [0.1, 0.15) is 0 Å². The molecule has 1 heterocycles. The van der Waals surface area contributed by atoms with Gasteiger partial charge in [-0.05, 0) is 43.2 Å². The fraction of sp³-hybridized carbons (Fsp3) is 0.368. The molecule has 24 heavy (non-hydrogen) atoms. The molecule has 2 atom stereocenters. The first-order chi connectivity index (χ1) is 11.4. The van der Waals surface area contributed by atoms with Crippen molar-refractivity contribution in [3.63, 3.8) is 0 Å². The Balaban J connectivity index is 1.60. The van der Waals surface area contributed by atoms with E-state index in [1.165, 1.54) is 11.9 Å². The Kier molecular flexibility index (Phi) is 4.92. The monoisotopic (exact) mass is 344 g/mol. The van der Waals surface area contributed by atoms with E-state index in [2.05, 4.69) is 41.4 Å². The van der Waals surface area contributed by atoms with Crippen molar-refractivity contribution >= 4 is 15.5 Å². The second-order valence-corrected chi connectivity index (χ2v) is 8.51. The molecule has 128 valence electrons. The van der Waals surface area contributed by atoms with E-state index in [0.717, 1.165) is 25.1 Å². The second-order valence-electron chi connectivity index (χ2n) is 6.50. The zero-order chi connectivity index (χ0) is 17.2. The molecule has 1 aliphatic rings. The molecular formula is C19H24N2O2S. The van der Waals surface area contributed by atoms with Gasteiger partial charge in [-0.15, -0.1) is 0 Å². The Labute approximate surface area is 144 Å². The van der Waals surface area contributed by atoms with Crippen LogP contribution in [0.4, 0.5) is 5.69 Å². The van der Waals surface area contributed by atoms with Crippen LogP contribution in [0, 0.1) is 0 Å². The molecule has 0 radical (unpaired) electrons. The highest BCUT2D eigenvalue weighted by Gasteiger charge is 2.24. The number of nitrogens with one attached hydrogen (secondary N) is 1. The minimum absolute atomic E-state index is 0.194. The number of anilines is 1. The molecule has 1 aliphatic heterocycles. The van der Waals surface area contributed by atoms with Crippen LogP contribution in [0.25, 0.3) is 0 Å². The van der Waals surface area contributed by atoms with E-state index in [9.17, 15) is 8.42 Å². The highest BCUT2D eigenvalue weighted by Crippen LogP contribution is 2.22. The lowest BCUT2D eigenvalue weighted by atomic mass is 10.1. The summed E-state index contributed by atoms with van der Waals surface area (Å²) in [5, 5.41) is 3.66. The Morgan fingerprint density at radius 2 is 1.75 bits per heavy atom. The van der Waals surface area contributed by atoms with Gasteiger partial charge >= 0.3 is 0 Å². The van der Waals surface area contributed by atoms with Gasteiger partial charge in [-0.25, -0.2) is 8.42 Å². The van der Waals surface area contributed by atoms with Gasteiger partial charge in [-0.2, -0.15) is 0 Å². The Morgan fingerprint density at radius 1 is 1.08 bits per heavy atom. The molecular weight excluding hydrogens is 320 g/mol. The minimum Gasteiger partial charge on any atom is -0.370 e. The largest absolute Gasteiger partial charge is 0.370 e. The summed E-state index contributed by atoms with van der Waals surface area (Å²) in [6, 6.07) is 18.3. The molecule has 0 saturated carbocycles. The second kappa shape index (κ2) is 6.95. The lowest BCUT2D eigenvalue weighted by Gasteiger charge is -2.22. The summed E-state index contributed by atoms with van der Waals surface area (Å²) in [6.45, 7) is 4.18. The molecule has 2 aromatic carbocycles. The van der Waals surface area contributed by atoms with Gasteiger partial charge in [-0.3, -0.25) is 0 Å².